The Labute approximate surface area is 111 Å². The number of rotatable bonds is 5. The fourth-order valence-electron chi connectivity index (χ4n) is 1.77. The van der Waals surface area contributed by atoms with Crippen molar-refractivity contribution in [2.24, 2.45) is 0 Å². The molecule has 4 nitrogen and oxygen atoms in total. The summed E-state index contributed by atoms with van der Waals surface area (Å²) in [7, 11) is 1.78. The summed E-state index contributed by atoms with van der Waals surface area (Å²) in [6.07, 6.45) is 2.88. The molecule has 1 fully saturated rings. The van der Waals surface area contributed by atoms with E-state index in [4.69, 9.17) is 11.6 Å². The molecular weight excluding hydrogens is 252 g/mol. The van der Waals surface area contributed by atoms with Crippen molar-refractivity contribution in [2.45, 2.75) is 18.9 Å². The number of benzene rings is 1. The van der Waals surface area contributed by atoms with Crippen LogP contribution in [-0.4, -0.2) is 31.8 Å². The number of halogens is 1. The Bertz CT molecular complexity index is 472. The number of aldehydes is 1. The Morgan fingerprint density at radius 3 is 2.89 bits per heavy atom. The second-order valence-electron chi connectivity index (χ2n) is 4.52. The Kier molecular flexibility index (Phi) is 3.87. The van der Waals surface area contributed by atoms with Gasteiger partial charge < -0.3 is 10.2 Å². The number of nitrogens with zero attached hydrogens (tertiary/aromatic N) is 1. The maximum Gasteiger partial charge on any atom is 0.239 e. The molecule has 1 aromatic rings. The van der Waals surface area contributed by atoms with E-state index >= 15 is 0 Å². The van der Waals surface area contributed by atoms with E-state index < -0.39 is 0 Å². The molecule has 0 unspecified atom stereocenters. The van der Waals surface area contributed by atoms with Crippen molar-refractivity contribution in [1.29, 1.82) is 0 Å². The largest absolute Gasteiger partial charge is 0.365 e. The molecule has 18 heavy (non-hydrogen) atoms. The molecule has 0 bridgehead atoms. The minimum atomic E-state index is -0.0215. The Balaban J connectivity index is 2.04. The van der Waals surface area contributed by atoms with Crippen LogP contribution in [0.2, 0.25) is 5.02 Å². The van der Waals surface area contributed by atoms with Gasteiger partial charge in [-0.1, -0.05) is 11.6 Å². The first-order chi connectivity index (χ1) is 8.60. The Hall–Kier alpha value is -1.55. The third kappa shape index (κ3) is 3.23. The molecule has 0 heterocycles. The lowest BCUT2D eigenvalue weighted by Gasteiger charge is -2.20. The zero-order chi connectivity index (χ0) is 13.1. The van der Waals surface area contributed by atoms with E-state index in [1.54, 1.807) is 30.1 Å². The van der Waals surface area contributed by atoms with E-state index in [0.717, 1.165) is 19.1 Å². The highest BCUT2D eigenvalue weighted by Gasteiger charge is 2.23. The molecule has 0 aliphatic heterocycles. The normalized spacial score (nSPS) is 14.1. The standard InChI is InChI=1S/C13H15ClN2O2/c1-16(7-13(18)15-11-3-4-11)12-5-2-10(14)6-9(12)8-17/h2,5-6,8,11H,3-4,7H2,1H3,(H,15,18). The van der Waals surface area contributed by atoms with Gasteiger partial charge in [-0.2, -0.15) is 0 Å². The third-order valence-corrected chi connectivity index (χ3v) is 3.09. The van der Waals surface area contributed by atoms with Crippen LogP contribution in [0, 0.1) is 0 Å². The monoisotopic (exact) mass is 266 g/mol. The van der Waals surface area contributed by atoms with Gasteiger partial charge in [0.05, 0.1) is 6.54 Å². The average Bonchev–Trinajstić information content (AvgIpc) is 3.12. The predicted molar refractivity (Wildman–Crippen MR) is 71.3 cm³/mol. The van der Waals surface area contributed by atoms with Gasteiger partial charge >= 0.3 is 0 Å². The highest BCUT2D eigenvalue weighted by atomic mass is 35.5. The summed E-state index contributed by atoms with van der Waals surface area (Å²) in [4.78, 5) is 24.4. The van der Waals surface area contributed by atoms with Crippen molar-refractivity contribution >= 4 is 29.5 Å². The van der Waals surface area contributed by atoms with Crippen molar-refractivity contribution in [1.82, 2.24) is 5.32 Å². The maximum atomic E-state index is 11.7. The smallest absolute Gasteiger partial charge is 0.239 e. The van der Waals surface area contributed by atoms with Gasteiger partial charge in [0.15, 0.2) is 6.29 Å². The van der Waals surface area contributed by atoms with E-state index in [9.17, 15) is 9.59 Å². The molecule has 1 saturated carbocycles. The number of likely N-dealkylation sites (N-methyl/N-ethyl adjacent to an activating group) is 1. The number of anilines is 1. The summed E-state index contributed by atoms with van der Waals surface area (Å²) < 4.78 is 0. The number of hydrogen-bond acceptors (Lipinski definition) is 3. The van der Waals surface area contributed by atoms with Gasteiger partial charge in [-0.25, -0.2) is 0 Å². The molecular formula is C13H15ClN2O2. The molecule has 1 N–H and O–H groups in total. The van der Waals surface area contributed by atoms with Gasteiger partial charge in [-0.05, 0) is 31.0 Å². The van der Waals surface area contributed by atoms with Gasteiger partial charge in [0, 0.05) is 29.4 Å². The molecule has 96 valence electrons. The molecule has 1 amide bonds. The number of amides is 1. The topological polar surface area (TPSA) is 49.4 Å². The zero-order valence-corrected chi connectivity index (χ0v) is 10.9. The fourth-order valence-corrected chi connectivity index (χ4v) is 1.95. The van der Waals surface area contributed by atoms with E-state index in [1.165, 1.54) is 0 Å². The van der Waals surface area contributed by atoms with Crippen molar-refractivity contribution in [3.8, 4) is 0 Å². The van der Waals surface area contributed by atoms with Gasteiger partial charge in [0.2, 0.25) is 5.91 Å². The summed E-state index contributed by atoms with van der Waals surface area (Å²) in [5.41, 5.74) is 1.20. The van der Waals surface area contributed by atoms with Crippen molar-refractivity contribution < 1.29 is 9.59 Å². The Morgan fingerprint density at radius 2 is 2.28 bits per heavy atom. The first-order valence-electron chi connectivity index (χ1n) is 5.85. The predicted octanol–water partition coefficient (Wildman–Crippen LogP) is 1.87. The summed E-state index contributed by atoms with van der Waals surface area (Å²) in [6.45, 7) is 0.235. The van der Waals surface area contributed by atoms with Crippen LogP contribution < -0.4 is 10.2 Å². The van der Waals surface area contributed by atoms with Gasteiger partial charge in [0.25, 0.3) is 0 Å². The quantitative estimate of drug-likeness (QED) is 0.828. The van der Waals surface area contributed by atoms with E-state index in [-0.39, 0.29) is 12.5 Å². The molecule has 0 atom stereocenters. The fraction of sp³-hybridized carbons (Fsp3) is 0.385. The number of nitrogens with one attached hydrogen (secondary N) is 1. The lowest BCUT2D eigenvalue weighted by molar-refractivity contribution is -0.119. The van der Waals surface area contributed by atoms with Crippen molar-refractivity contribution in [3.63, 3.8) is 0 Å². The van der Waals surface area contributed by atoms with Gasteiger partial charge in [-0.15, -0.1) is 0 Å². The van der Waals surface area contributed by atoms with E-state index in [2.05, 4.69) is 5.32 Å². The number of hydrogen-bond donors (Lipinski definition) is 1. The van der Waals surface area contributed by atoms with Crippen LogP contribution in [0.25, 0.3) is 0 Å². The van der Waals surface area contributed by atoms with Gasteiger partial charge in [0.1, 0.15) is 0 Å². The van der Waals surface area contributed by atoms with Crippen LogP contribution in [-0.2, 0) is 4.79 Å². The van der Waals surface area contributed by atoms with Crippen LogP contribution in [0.3, 0.4) is 0 Å². The van der Waals surface area contributed by atoms with Crippen molar-refractivity contribution in [3.05, 3.63) is 28.8 Å². The van der Waals surface area contributed by atoms with Crippen LogP contribution >= 0.6 is 11.6 Å². The van der Waals surface area contributed by atoms with E-state index in [1.807, 2.05) is 0 Å². The van der Waals surface area contributed by atoms with Crippen LogP contribution in [0.5, 0.6) is 0 Å². The summed E-state index contributed by atoms with van der Waals surface area (Å²) in [5.74, 6) is -0.0215. The SMILES string of the molecule is CN(CC(=O)NC1CC1)c1ccc(Cl)cc1C=O. The second-order valence-corrected chi connectivity index (χ2v) is 4.96. The lowest BCUT2D eigenvalue weighted by atomic mass is 10.2. The summed E-state index contributed by atoms with van der Waals surface area (Å²) >= 11 is 5.83. The van der Waals surface area contributed by atoms with E-state index in [0.29, 0.717) is 22.3 Å². The summed E-state index contributed by atoms with van der Waals surface area (Å²) in [6, 6.07) is 5.40. The first kappa shape index (κ1) is 12.9. The minimum absolute atomic E-state index is 0.0215. The molecule has 1 aromatic carbocycles. The molecule has 0 radical (unpaired) electrons. The molecule has 2 rings (SSSR count). The Morgan fingerprint density at radius 1 is 1.56 bits per heavy atom. The molecule has 1 aliphatic carbocycles. The summed E-state index contributed by atoms with van der Waals surface area (Å²) in [5, 5.41) is 3.42. The lowest BCUT2D eigenvalue weighted by Crippen LogP contribution is -2.36. The molecule has 0 saturated heterocycles. The third-order valence-electron chi connectivity index (χ3n) is 2.85. The van der Waals surface area contributed by atoms with Crippen LogP contribution in [0.15, 0.2) is 18.2 Å². The second kappa shape index (κ2) is 5.40. The first-order valence-corrected chi connectivity index (χ1v) is 6.23. The van der Waals surface area contributed by atoms with Crippen LogP contribution in [0.1, 0.15) is 23.2 Å². The maximum absolute atomic E-state index is 11.7. The van der Waals surface area contributed by atoms with Crippen molar-refractivity contribution in [2.75, 3.05) is 18.5 Å². The zero-order valence-electron chi connectivity index (χ0n) is 10.1. The number of carbonyl (C=O) groups is 2. The van der Waals surface area contributed by atoms with Crippen LogP contribution in [0.4, 0.5) is 5.69 Å². The highest BCUT2D eigenvalue weighted by Crippen LogP contribution is 2.22. The minimum Gasteiger partial charge on any atom is -0.365 e. The molecule has 1 aliphatic rings. The van der Waals surface area contributed by atoms with Gasteiger partial charge in [-0.3, -0.25) is 9.59 Å². The highest BCUT2D eigenvalue weighted by molar-refractivity contribution is 6.31. The molecule has 5 heteroatoms. The average molecular weight is 267 g/mol. The number of carbonyl (C=O) groups excluding carboxylic acids is 2. The molecule has 0 aromatic heterocycles. The molecule has 0 spiro atoms.